The Morgan fingerprint density at radius 3 is 2.41 bits per heavy atom. The molecule has 0 unspecified atom stereocenters. The van der Waals surface area contributed by atoms with Crippen LogP contribution in [0.4, 0.5) is 0 Å². The molecule has 0 aliphatic carbocycles. The van der Waals surface area contributed by atoms with Crippen molar-refractivity contribution in [1.29, 1.82) is 0 Å². The number of aromatic nitrogens is 2. The van der Waals surface area contributed by atoms with E-state index in [2.05, 4.69) is 29.0 Å². The summed E-state index contributed by atoms with van der Waals surface area (Å²) < 4.78 is 0. The Balaban J connectivity index is 0.000000234. The summed E-state index contributed by atoms with van der Waals surface area (Å²) in [6.07, 6.45) is 3.40. The Hall–Kier alpha value is -2.03. The largest absolute Gasteiger partial charge is 0.661 e. The summed E-state index contributed by atoms with van der Waals surface area (Å²) in [6.45, 7) is 3.56. The van der Waals surface area contributed by atoms with Gasteiger partial charge in [-0.2, -0.15) is 6.20 Å². The predicted molar refractivity (Wildman–Crippen MR) is 83.0 cm³/mol. The average Bonchev–Trinajstić information content (AvgIpc) is 3.04. The van der Waals surface area contributed by atoms with E-state index in [0.29, 0.717) is 5.69 Å². The normalized spacial score (nSPS) is 9.18. The van der Waals surface area contributed by atoms with Crippen molar-refractivity contribution in [3.8, 4) is 11.3 Å². The second-order valence-corrected chi connectivity index (χ2v) is 4.57. The van der Waals surface area contributed by atoms with Crippen LogP contribution in [0.1, 0.15) is 23.0 Å². The molecule has 0 aliphatic rings. The molecule has 0 atom stereocenters. The van der Waals surface area contributed by atoms with Crippen LogP contribution in [-0.2, 0) is 20.1 Å². The molecule has 2 heterocycles. The van der Waals surface area contributed by atoms with Gasteiger partial charge in [0.2, 0.25) is 0 Å². The van der Waals surface area contributed by atoms with Gasteiger partial charge in [-0.15, -0.1) is 35.4 Å². The monoisotopic (exact) mass is 469 g/mol. The molecule has 22 heavy (non-hydrogen) atoms. The second kappa shape index (κ2) is 9.08. The van der Waals surface area contributed by atoms with Gasteiger partial charge >= 0.3 is 0 Å². The van der Waals surface area contributed by atoms with Crippen LogP contribution in [0.15, 0.2) is 60.9 Å². The third-order valence-electron chi connectivity index (χ3n) is 2.82. The predicted octanol–water partition coefficient (Wildman–Crippen LogP) is 3.70. The van der Waals surface area contributed by atoms with E-state index in [-0.39, 0.29) is 25.9 Å². The fraction of sp³-hybridized carbons (Fsp3) is 0.111. The van der Waals surface area contributed by atoms with E-state index >= 15 is 0 Å². The molecule has 0 saturated heterocycles. The van der Waals surface area contributed by atoms with E-state index in [4.69, 9.17) is 0 Å². The van der Waals surface area contributed by atoms with Crippen LogP contribution in [-0.4, -0.2) is 10.8 Å². The Morgan fingerprint density at radius 2 is 1.95 bits per heavy atom. The third-order valence-corrected chi connectivity index (χ3v) is 2.82. The number of carbonyl (C=O) groups is 1. The zero-order valence-corrected chi connectivity index (χ0v) is 14.8. The quantitative estimate of drug-likeness (QED) is 0.426. The summed E-state index contributed by atoms with van der Waals surface area (Å²) in [5, 5.41) is 0. The van der Waals surface area contributed by atoms with Crippen molar-refractivity contribution in [2.45, 2.75) is 13.8 Å². The maximum Gasteiger partial charge on any atom is 0.138 e. The summed E-state index contributed by atoms with van der Waals surface area (Å²) in [4.78, 5) is 18.5. The van der Waals surface area contributed by atoms with E-state index < -0.39 is 0 Å². The fourth-order valence-corrected chi connectivity index (χ4v) is 1.69. The van der Waals surface area contributed by atoms with Crippen molar-refractivity contribution >= 4 is 5.78 Å². The first-order valence-corrected chi connectivity index (χ1v) is 6.65. The minimum Gasteiger partial charge on any atom is -0.661 e. The van der Waals surface area contributed by atoms with E-state index in [1.165, 1.54) is 12.5 Å². The van der Waals surface area contributed by atoms with Gasteiger partial charge in [-0.1, -0.05) is 36.9 Å². The van der Waals surface area contributed by atoms with Crippen molar-refractivity contribution in [2.75, 3.05) is 0 Å². The number of rotatable bonds is 2. The number of hydrogen-bond acceptors (Lipinski definition) is 2. The SMILES string of the molecule is CC(=O)c1ccc[n-]1.Cc1c[c-]c(-c2ccccn2)cc1.[Ir]. The van der Waals surface area contributed by atoms with Crippen molar-refractivity contribution in [3.05, 3.63) is 78.2 Å². The van der Waals surface area contributed by atoms with Gasteiger partial charge in [0.05, 0.1) is 0 Å². The molecule has 0 spiro atoms. The zero-order valence-electron chi connectivity index (χ0n) is 12.4. The summed E-state index contributed by atoms with van der Waals surface area (Å²) in [7, 11) is 0. The molecule has 1 radical (unpaired) electrons. The zero-order chi connectivity index (χ0) is 15.1. The average molecular weight is 469 g/mol. The number of benzene rings is 1. The number of nitrogens with zero attached hydrogens (tertiary/aromatic N) is 2. The Morgan fingerprint density at radius 1 is 1.14 bits per heavy atom. The van der Waals surface area contributed by atoms with Crippen LogP contribution in [0.2, 0.25) is 0 Å². The first-order valence-electron chi connectivity index (χ1n) is 6.65. The van der Waals surface area contributed by atoms with Gasteiger partial charge in [-0.3, -0.25) is 4.79 Å². The Labute approximate surface area is 144 Å². The smallest absolute Gasteiger partial charge is 0.138 e. The van der Waals surface area contributed by atoms with E-state index in [1.807, 2.05) is 30.3 Å². The van der Waals surface area contributed by atoms with Gasteiger partial charge in [-0.25, -0.2) is 0 Å². The minimum atomic E-state index is 0. The molecule has 0 fully saturated rings. The van der Waals surface area contributed by atoms with Crippen molar-refractivity contribution < 1.29 is 24.9 Å². The molecule has 2 aromatic heterocycles. The first kappa shape index (κ1) is 18.0. The summed E-state index contributed by atoms with van der Waals surface area (Å²) >= 11 is 0. The molecule has 3 nitrogen and oxygen atoms in total. The van der Waals surface area contributed by atoms with Gasteiger partial charge in [0.15, 0.2) is 0 Å². The van der Waals surface area contributed by atoms with Crippen LogP contribution < -0.4 is 4.98 Å². The standard InChI is InChI=1S/C12H10N.C6H7NO.Ir/c1-10-5-7-11(8-6-10)12-4-2-3-9-13-12;1-5(8)6-3-2-4-7-6;/h2-7,9H,1H3;2-4H,1H3,(H,7,8);/q-1;;/p-1. The number of carbonyl (C=O) groups excluding carboxylic acids is 1. The van der Waals surface area contributed by atoms with Crippen molar-refractivity contribution in [1.82, 2.24) is 9.97 Å². The fourth-order valence-electron chi connectivity index (χ4n) is 1.69. The Kier molecular flexibility index (Phi) is 7.44. The molecule has 4 heteroatoms. The molecule has 3 rings (SSSR count). The molecule has 0 N–H and O–H groups in total. The maximum atomic E-state index is 10.4. The first-order chi connectivity index (χ1) is 10.2. The third kappa shape index (κ3) is 5.40. The summed E-state index contributed by atoms with van der Waals surface area (Å²) in [5.74, 6) is 0.0231. The van der Waals surface area contributed by atoms with Gasteiger partial charge in [0, 0.05) is 26.3 Å². The number of pyridine rings is 1. The second-order valence-electron chi connectivity index (χ2n) is 4.57. The summed E-state index contributed by atoms with van der Waals surface area (Å²) in [5.41, 5.74) is 3.79. The van der Waals surface area contributed by atoms with Crippen LogP contribution in [0.3, 0.4) is 0 Å². The molecule has 115 valence electrons. The van der Waals surface area contributed by atoms with Gasteiger partial charge in [0.1, 0.15) is 5.78 Å². The van der Waals surface area contributed by atoms with Crippen molar-refractivity contribution in [2.24, 2.45) is 0 Å². The molecule has 0 bridgehead atoms. The van der Waals surface area contributed by atoms with E-state index in [0.717, 1.165) is 11.3 Å². The molecule has 0 amide bonds. The molecule has 0 aliphatic heterocycles. The molecular formula is C18H16IrN2O-2. The van der Waals surface area contributed by atoms with Crippen LogP contribution in [0.25, 0.3) is 11.3 Å². The van der Waals surface area contributed by atoms with Crippen molar-refractivity contribution in [3.63, 3.8) is 0 Å². The number of ketones is 1. The minimum absolute atomic E-state index is 0. The van der Waals surface area contributed by atoms with E-state index in [1.54, 1.807) is 24.5 Å². The molecule has 1 aromatic carbocycles. The van der Waals surface area contributed by atoms with Gasteiger partial charge < -0.3 is 9.97 Å². The molecule has 3 aromatic rings. The molecule has 0 saturated carbocycles. The number of Topliss-reactive ketones (excluding diaryl/α,β-unsaturated/α-hetero) is 1. The van der Waals surface area contributed by atoms with Gasteiger partial charge in [0.25, 0.3) is 0 Å². The van der Waals surface area contributed by atoms with Crippen LogP contribution >= 0.6 is 0 Å². The maximum absolute atomic E-state index is 10.4. The summed E-state index contributed by atoms with van der Waals surface area (Å²) in [6, 6.07) is 18.6. The van der Waals surface area contributed by atoms with Crippen LogP contribution in [0.5, 0.6) is 0 Å². The molecular weight excluding hydrogens is 452 g/mol. The van der Waals surface area contributed by atoms with Gasteiger partial charge in [-0.05, 0) is 18.7 Å². The topological polar surface area (TPSA) is 44.1 Å². The van der Waals surface area contributed by atoms with Crippen LogP contribution in [0, 0.1) is 13.0 Å². The van der Waals surface area contributed by atoms with E-state index in [9.17, 15) is 4.79 Å². The number of hydrogen-bond donors (Lipinski definition) is 0. The number of aryl methyl sites for hydroxylation is 1. The Bertz CT molecular complexity index is 677.